The summed E-state index contributed by atoms with van der Waals surface area (Å²) in [6.45, 7) is 4.30. The molecule has 0 heterocycles. The van der Waals surface area contributed by atoms with Crippen molar-refractivity contribution in [2.45, 2.75) is 6.61 Å². The van der Waals surface area contributed by atoms with Crippen molar-refractivity contribution >= 4 is 15.4 Å². The lowest BCUT2D eigenvalue weighted by atomic mass is 10.1. The van der Waals surface area contributed by atoms with Gasteiger partial charge in [0.15, 0.2) is 0 Å². The molecule has 0 aliphatic heterocycles. The highest BCUT2D eigenvalue weighted by Crippen LogP contribution is 2.07. The molecule has 16 heavy (non-hydrogen) atoms. The van der Waals surface area contributed by atoms with Gasteiger partial charge in [-0.15, -0.1) is 0 Å². The van der Waals surface area contributed by atoms with Gasteiger partial charge >= 0.3 is 9.28 Å². The van der Waals surface area contributed by atoms with Gasteiger partial charge in [-0.3, -0.25) is 0 Å². The third kappa shape index (κ3) is 4.28. The lowest BCUT2D eigenvalue weighted by Gasteiger charge is -2.10. The second-order valence-corrected chi connectivity index (χ2v) is 5.07. The second-order valence-electron chi connectivity index (χ2n) is 3.22. The number of ether oxygens (including phenoxy) is 1. The first-order chi connectivity index (χ1) is 7.80. The Morgan fingerprint density at radius 3 is 2.69 bits per heavy atom. The van der Waals surface area contributed by atoms with Gasteiger partial charge in [0, 0.05) is 14.2 Å². The minimum Gasteiger partial charge on any atom is -0.395 e. The highest BCUT2D eigenvalue weighted by Gasteiger charge is 2.11. The molecule has 0 saturated heterocycles. The van der Waals surface area contributed by atoms with Crippen molar-refractivity contribution in [3.05, 3.63) is 42.0 Å². The fourth-order valence-corrected chi connectivity index (χ4v) is 1.93. The van der Waals surface area contributed by atoms with Gasteiger partial charge in [-0.25, -0.2) is 0 Å². The van der Waals surface area contributed by atoms with Crippen molar-refractivity contribution in [3.8, 4) is 0 Å². The van der Waals surface area contributed by atoms with Gasteiger partial charge in [0.25, 0.3) is 0 Å². The summed E-state index contributed by atoms with van der Waals surface area (Å²) >= 11 is 0. The Kier molecular flexibility index (Phi) is 6.03. The van der Waals surface area contributed by atoms with E-state index in [2.05, 4.69) is 12.6 Å². The molecule has 3 nitrogen and oxygen atoms in total. The predicted molar refractivity (Wildman–Crippen MR) is 66.0 cm³/mol. The normalized spacial score (nSPS) is 10.7. The number of hydrogen-bond donors (Lipinski definition) is 0. The van der Waals surface area contributed by atoms with E-state index in [4.69, 9.17) is 13.6 Å². The third-order valence-corrected chi connectivity index (χ3v) is 3.48. The van der Waals surface area contributed by atoms with E-state index in [1.807, 2.05) is 24.3 Å². The Balaban J connectivity index is 2.39. The van der Waals surface area contributed by atoms with Gasteiger partial charge in [-0.2, -0.15) is 0 Å². The van der Waals surface area contributed by atoms with Crippen molar-refractivity contribution in [1.82, 2.24) is 0 Å². The Morgan fingerprint density at radius 1 is 1.31 bits per heavy atom. The lowest BCUT2D eigenvalue weighted by Crippen LogP contribution is -2.26. The topological polar surface area (TPSA) is 27.7 Å². The highest BCUT2D eigenvalue weighted by molar-refractivity contribution is 6.44. The van der Waals surface area contributed by atoms with Crippen molar-refractivity contribution in [2.75, 3.05) is 20.4 Å². The van der Waals surface area contributed by atoms with E-state index in [-0.39, 0.29) is 0 Å². The highest BCUT2D eigenvalue weighted by atomic mass is 28.3. The molecule has 0 aromatic heterocycles. The molecule has 1 radical (unpaired) electrons. The van der Waals surface area contributed by atoms with Crippen LogP contribution >= 0.6 is 0 Å². The van der Waals surface area contributed by atoms with Gasteiger partial charge in [0.1, 0.15) is 0 Å². The van der Waals surface area contributed by atoms with E-state index in [1.165, 1.54) is 0 Å². The largest absolute Gasteiger partial charge is 0.412 e. The average molecular weight is 237 g/mol. The van der Waals surface area contributed by atoms with Gasteiger partial charge in [0.05, 0.1) is 12.8 Å². The minimum absolute atomic E-state index is 0.524. The molecule has 0 spiro atoms. The van der Waals surface area contributed by atoms with E-state index in [1.54, 1.807) is 14.2 Å². The van der Waals surface area contributed by atoms with E-state index in [0.717, 1.165) is 11.1 Å². The van der Waals surface area contributed by atoms with E-state index in [0.29, 0.717) is 12.8 Å². The summed E-state index contributed by atoms with van der Waals surface area (Å²) in [6.07, 6.45) is 2.35. The molecule has 0 unspecified atom stereocenters. The zero-order chi connectivity index (χ0) is 11.8. The van der Waals surface area contributed by atoms with Crippen LogP contribution < -0.4 is 0 Å². The van der Waals surface area contributed by atoms with Crippen LogP contribution in [0.25, 0.3) is 6.08 Å². The van der Waals surface area contributed by atoms with Crippen LogP contribution in [0.2, 0.25) is 0 Å². The maximum atomic E-state index is 5.52. The molecule has 1 rings (SSSR count). The number of hydrogen-bond acceptors (Lipinski definition) is 3. The molecule has 0 aliphatic rings. The van der Waals surface area contributed by atoms with Crippen LogP contribution in [0.1, 0.15) is 11.1 Å². The van der Waals surface area contributed by atoms with Gasteiger partial charge in [-0.1, -0.05) is 30.9 Å². The summed E-state index contributed by atoms with van der Waals surface area (Å²) in [4.78, 5) is 0. The fourth-order valence-electron chi connectivity index (χ4n) is 1.26. The zero-order valence-electron chi connectivity index (χ0n) is 9.73. The Morgan fingerprint density at radius 2 is 2.06 bits per heavy atom. The molecule has 0 atom stereocenters. The zero-order valence-corrected chi connectivity index (χ0v) is 10.7. The van der Waals surface area contributed by atoms with E-state index >= 15 is 0 Å². The van der Waals surface area contributed by atoms with Crippen LogP contribution in [0, 0.1) is 0 Å². The molecule has 4 heteroatoms. The van der Waals surface area contributed by atoms with Crippen LogP contribution in [0.3, 0.4) is 0 Å². The Hall–Kier alpha value is -0.943. The van der Waals surface area contributed by atoms with Crippen molar-refractivity contribution in [1.29, 1.82) is 0 Å². The average Bonchev–Trinajstić information content (AvgIpc) is 2.35. The molecule has 0 saturated carbocycles. The van der Waals surface area contributed by atoms with Gasteiger partial charge in [0.2, 0.25) is 0 Å². The monoisotopic (exact) mass is 237 g/mol. The summed E-state index contributed by atoms with van der Waals surface area (Å²) in [5, 5.41) is 0. The first-order valence-electron chi connectivity index (χ1n) is 5.03. The lowest BCUT2D eigenvalue weighted by molar-refractivity contribution is 0.128. The summed E-state index contributed by atoms with van der Waals surface area (Å²) in [6, 6.07) is 8.09. The van der Waals surface area contributed by atoms with Crippen molar-refractivity contribution in [2.24, 2.45) is 0 Å². The maximum Gasteiger partial charge on any atom is 0.412 e. The second kappa shape index (κ2) is 7.35. The van der Waals surface area contributed by atoms with Crippen LogP contribution in [0.4, 0.5) is 0 Å². The third-order valence-electron chi connectivity index (χ3n) is 2.13. The molecular weight excluding hydrogens is 220 g/mol. The molecule has 0 bridgehead atoms. The summed E-state index contributed by atoms with van der Waals surface area (Å²) < 4.78 is 15.8. The molecule has 0 fully saturated rings. The molecule has 87 valence electrons. The van der Waals surface area contributed by atoms with Crippen molar-refractivity contribution < 1.29 is 13.6 Å². The van der Waals surface area contributed by atoms with Gasteiger partial charge in [-0.05, 0) is 17.2 Å². The number of rotatable bonds is 7. The summed E-state index contributed by atoms with van der Waals surface area (Å²) in [5.74, 6) is 0. The first kappa shape index (κ1) is 13.1. The van der Waals surface area contributed by atoms with Crippen LogP contribution in [0.5, 0.6) is 0 Å². The molecule has 1 aromatic carbocycles. The van der Waals surface area contributed by atoms with Crippen LogP contribution in [-0.4, -0.2) is 29.7 Å². The summed E-state index contributed by atoms with van der Waals surface area (Å²) in [5.41, 5.74) is 2.23. The minimum atomic E-state index is -1.25. The fraction of sp³-hybridized carbons (Fsp3) is 0.333. The molecule has 0 amide bonds. The summed E-state index contributed by atoms with van der Waals surface area (Å²) in [7, 11) is 2.03. The smallest absolute Gasteiger partial charge is 0.395 e. The van der Waals surface area contributed by atoms with Crippen molar-refractivity contribution in [3.63, 3.8) is 0 Å². The molecule has 0 N–H and O–H groups in total. The number of benzene rings is 1. The van der Waals surface area contributed by atoms with E-state index < -0.39 is 9.28 Å². The quantitative estimate of drug-likeness (QED) is 0.680. The molecule has 0 aliphatic carbocycles. The predicted octanol–water partition coefficient (Wildman–Crippen LogP) is 2.17. The van der Waals surface area contributed by atoms with E-state index in [9.17, 15) is 0 Å². The van der Waals surface area contributed by atoms with Gasteiger partial charge < -0.3 is 13.6 Å². The molecular formula is C12H17O3Si. The van der Waals surface area contributed by atoms with Crippen LogP contribution in [0.15, 0.2) is 30.8 Å². The molecule has 1 aromatic rings. The Labute approximate surface area is 98.5 Å². The maximum absolute atomic E-state index is 5.52. The van der Waals surface area contributed by atoms with Crippen LogP contribution in [-0.2, 0) is 20.2 Å². The first-order valence-corrected chi connectivity index (χ1v) is 6.55. The SMILES string of the molecule is C=Cc1cccc(COC[Si](OC)OC)c1. The standard InChI is InChI=1S/C12H17O3Si/c1-4-11-6-5-7-12(8-11)9-15-10-16(13-2)14-3/h4-8H,1,9-10H2,2-3H3. The Bertz CT molecular complexity index is 324.